The molecular weight excluding hydrogens is 286 g/mol. The first-order valence-corrected chi connectivity index (χ1v) is 7.93. The number of carbonyl (C=O) groups is 1. The second kappa shape index (κ2) is 5.81. The van der Waals surface area contributed by atoms with Gasteiger partial charge < -0.3 is 14.6 Å². The number of benzene rings is 1. The second-order valence-corrected chi connectivity index (χ2v) is 6.15. The number of fused-ring (bicyclic) bond motifs is 1. The van der Waals surface area contributed by atoms with Crippen molar-refractivity contribution < 1.29 is 9.90 Å². The number of rotatable bonds is 4. The van der Waals surface area contributed by atoms with Crippen molar-refractivity contribution in [3.8, 4) is 0 Å². The van der Waals surface area contributed by atoms with Gasteiger partial charge in [-0.15, -0.1) is 11.8 Å². The van der Waals surface area contributed by atoms with E-state index in [9.17, 15) is 9.90 Å². The van der Waals surface area contributed by atoms with Crippen LogP contribution in [0.2, 0.25) is 0 Å². The summed E-state index contributed by atoms with van der Waals surface area (Å²) in [6.07, 6.45) is 3.76. The van der Waals surface area contributed by atoms with Crippen LogP contribution >= 0.6 is 11.8 Å². The Labute approximate surface area is 127 Å². The number of anilines is 1. The summed E-state index contributed by atoms with van der Waals surface area (Å²) in [5.74, 6) is 0.968. The minimum absolute atomic E-state index is 0.407. The van der Waals surface area contributed by atoms with Crippen LogP contribution in [-0.2, 0) is 13.1 Å². The number of aromatic nitrogens is 2. The van der Waals surface area contributed by atoms with Gasteiger partial charge >= 0.3 is 5.97 Å². The molecule has 110 valence electrons. The van der Waals surface area contributed by atoms with Crippen molar-refractivity contribution in [1.29, 1.82) is 0 Å². The van der Waals surface area contributed by atoms with Crippen molar-refractivity contribution in [1.82, 2.24) is 9.55 Å². The topological polar surface area (TPSA) is 58.4 Å². The van der Waals surface area contributed by atoms with Gasteiger partial charge in [-0.1, -0.05) is 13.0 Å². The zero-order valence-electron chi connectivity index (χ0n) is 11.8. The lowest BCUT2D eigenvalue weighted by atomic mass is 10.1. The number of hydrogen-bond acceptors (Lipinski definition) is 4. The summed E-state index contributed by atoms with van der Waals surface area (Å²) < 4.78 is 2.11. The maximum Gasteiger partial charge on any atom is 0.338 e. The summed E-state index contributed by atoms with van der Waals surface area (Å²) >= 11 is 1.57. The first-order chi connectivity index (χ1) is 10.2. The van der Waals surface area contributed by atoms with Gasteiger partial charge in [-0.2, -0.15) is 0 Å². The third-order valence-corrected chi connectivity index (χ3v) is 4.54. The largest absolute Gasteiger partial charge is 0.478 e. The first-order valence-electron chi connectivity index (χ1n) is 6.94. The molecule has 0 saturated heterocycles. The Balaban J connectivity index is 1.99. The van der Waals surface area contributed by atoms with Crippen LogP contribution in [0.15, 0.2) is 35.5 Å². The third kappa shape index (κ3) is 2.63. The van der Waals surface area contributed by atoms with Gasteiger partial charge in [0, 0.05) is 30.4 Å². The molecule has 0 aliphatic carbocycles. The Morgan fingerprint density at radius 1 is 1.43 bits per heavy atom. The minimum atomic E-state index is -0.865. The predicted molar refractivity (Wildman–Crippen MR) is 83.1 cm³/mol. The average Bonchev–Trinajstić information content (AvgIpc) is 2.94. The van der Waals surface area contributed by atoms with Crippen molar-refractivity contribution in [2.75, 3.05) is 17.2 Å². The molecule has 1 aliphatic heterocycles. The number of imidazole rings is 1. The van der Waals surface area contributed by atoms with E-state index in [0.717, 1.165) is 35.2 Å². The summed E-state index contributed by atoms with van der Waals surface area (Å²) in [6, 6.07) is 5.70. The number of carboxylic acid groups (broad SMARTS) is 1. The zero-order valence-corrected chi connectivity index (χ0v) is 12.6. The van der Waals surface area contributed by atoms with E-state index < -0.39 is 5.97 Å². The molecule has 0 amide bonds. The van der Waals surface area contributed by atoms with Crippen LogP contribution < -0.4 is 4.90 Å². The Bertz CT molecular complexity index is 669. The summed E-state index contributed by atoms with van der Waals surface area (Å²) in [5, 5.41) is 9.60. The Kier molecular flexibility index (Phi) is 3.88. The van der Waals surface area contributed by atoms with Crippen LogP contribution in [0.1, 0.15) is 23.1 Å². The van der Waals surface area contributed by atoms with E-state index in [-0.39, 0.29) is 0 Å². The lowest BCUT2D eigenvalue weighted by Gasteiger charge is -2.31. The van der Waals surface area contributed by atoms with E-state index in [0.29, 0.717) is 12.1 Å². The van der Waals surface area contributed by atoms with Gasteiger partial charge in [0.1, 0.15) is 5.82 Å². The van der Waals surface area contributed by atoms with Gasteiger partial charge in [0.2, 0.25) is 0 Å². The third-order valence-electron chi connectivity index (χ3n) is 3.60. The number of carboxylic acids is 1. The molecule has 0 bridgehead atoms. The van der Waals surface area contributed by atoms with Gasteiger partial charge in [-0.05, 0) is 17.9 Å². The van der Waals surface area contributed by atoms with E-state index in [1.165, 1.54) is 0 Å². The number of hydrogen-bond donors (Lipinski definition) is 1. The van der Waals surface area contributed by atoms with Crippen molar-refractivity contribution in [2.24, 2.45) is 0 Å². The van der Waals surface area contributed by atoms with Crippen LogP contribution in [0.4, 0.5) is 5.69 Å². The number of aromatic carboxylic acids is 1. The average molecular weight is 303 g/mol. The standard InChI is InChI=1S/C15H17N3O2S/c1-2-21-12-5-3-4-11(14(12)15(19)20)18-9-8-17-7-6-16-13(17)10-18/h3-7H,2,8-10H2,1H3,(H,19,20). The monoisotopic (exact) mass is 303 g/mol. The predicted octanol–water partition coefficient (Wildman–Crippen LogP) is 2.71. The van der Waals surface area contributed by atoms with Crippen LogP contribution in [0.3, 0.4) is 0 Å². The molecule has 1 N–H and O–H groups in total. The van der Waals surface area contributed by atoms with E-state index in [1.54, 1.807) is 18.0 Å². The molecule has 1 aromatic carbocycles. The molecule has 5 nitrogen and oxygen atoms in total. The van der Waals surface area contributed by atoms with Crippen LogP contribution in [-0.4, -0.2) is 32.9 Å². The Hall–Kier alpha value is -1.95. The summed E-state index contributed by atoms with van der Waals surface area (Å²) in [4.78, 5) is 19.0. The van der Waals surface area contributed by atoms with Crippen LogP contribution in [0.5, 0.6) is 0 Å². The van der Waals surface area contributed by atoms with Gasteiger partial charge in [0.05, 0.1) is 17.8 Å². The highest BCUT2D eigenvalue weighted by Gasteiger charge is 2.23. The fourth-order valence-electron chi connectivity index (χ4n) is 2.65. The summed E-state index contributed by atoms with van der Waals surface area (Å²) in [7, 11) is 0. The molecule has 1 aromatic heterocycles. The number of thioether (sulfide) groups is 1. The normalized spacial score (nSPS) is 14.0. The lowest BCUT2D eigenvalue weighted by molar-refractivity contribution is 0.0693. The number of nitrogens with zero attached hydrogens (tertiary/aromatic N) is 3. The smallest absolute Gasteiger partial charge is 0.338 e. The summed E-state index contributed by atoms with van der Waals surface area (Å²) in [5.41, 5.74) is 1.19. The van der Waals surface area contributed by atoms with Crippen molar-refractivity contribution in [2.45, 2.75) is 24.9 Å². The van der Waals surface area contributed by atoms with Gasteiger partial charge in [-0.25, -0.2) is 9.78 Å². The Morgan fingerprint density at radius 2 is 2.29 bits per heavy atom. The fourth-order valence-corrected chi connectivity index (χ4v) is 3.47. The molecule has 3 rings (SSSR count). The van der Waals surface area contributed by atoms with Crippen molar-refractivity contribution in [3.63, 3.8) is 0 Å². The molecule has 0 fully saturated rings. The van der Waals surface area contributed by atoms with E-state index in [2.05, 4.69) is 14.5 Å². The molecular formula is C15H17N3O2S. The lowest BCUT2D eigenvalue weighted by Crippen LogP contribution is -2.34. The first kappa shape index (κ1) is 14.0. The quantitative estimate of drug-likeness (QED) is 0.880. The molecule has 2 heterocycles. The molecule has 2 aromatic rings. The molecule has 0 atom stereocenters. The molecule has 21 heavy (non-hydrogen) atoms. The maximum absolute atomic E-state index is 11.7. The zero-order chi connectivity index (χ0) is 14.8. The SMILES string of the molecule is CCSc1cccc(N2CCn3ccnc3C2)c1C(=O)O. The van der Waals surface area contributed by atoms with E-state index >= 15 is 0 Å². The van der Waals surface area contributed by atoms with E-state index in [4.69, 9.17) is 0 Å². The van der Waals surface area contributed by atoms with Gasteiger partial charge in [0.25, 0.3) is 0 Å². The maximum atomic E-state index is 11.7. The van der Waals surface area contributed by atoms with Crippen molar-refractivity contribution in [3.05, 3.63) is 42.0 Å². The van der Waals surface area contributed by atoms with Gasteiger partial charge in [-0.3, -0.25) is 0 Å². The Morgan fingerprint density at radius 3 is 3.05 bits per heavy atom. The second-order valence-electron chi connectivity index (χ2n) is 4.85. The minimum Gasteiger partial charge on any atom is -0.478 e. The molecule has 1 aliphatic rings. The van der Waals surface area contributed by atoms with Crippen molar-refractivity contribution >= 4 is 23.4 Å². The molecule has 0 unspecified atom stereocenters. The van der Waals surface area contributed by atoms with Crippen LogP contribution in [0.25, 0.3) is 0 Å². The van der Waals surface area contributed by atoms with Crippen LogP contribution in [0, 0.1) is 0 Å². The summed E-state index contributed by atoms with van der Waals surface area (Å²) in [6.45, 7) is 4.30. The highest BCUT2D eigenvalue weighted by molar-refractivity contribution is 7.99. The van der Waals surface area contributed by atoms with Gasteiger partial charge in [0.15, 0.2) is 0 Å². The highest BCUT2D eigenvalue weighted by Crippen LogP contribution is 2.32. The fraction of sp³-hybridized carbons (Fsp3) is 0.333. The molecule has 0 radical (unpaired) electrons. The highest BCUT2D eigenvalue weighted by atomic mass is 32.2. The molecule has 0 spiro atoms. The molecule has 0 saturated carbocycles. The molecule has 6 heteroatoms. The van der Waals surface area contributed by atoms with E-state index in [1.807, 2.05) is 31.3 Å².